The highest BCUT2D eigenvalue weighted by molar-refractivity contribution is 7.87. The fraction of sp³-hybridized carbons (Fsp3) is 0.611. The third kappa shape index (κ3) is 2.65. The van der Waals surface area contributed by atoms with Crippen LogP contribution in [-0.2, 0) is 25.1 Å². The smallest absolute Gasteiger partial charge is 0.454 e. The Morgan fingerprint density at radius 1 is 1.12 bits per heavy atom. The number of alkyl halides is 2. The predicted octanol–water partition coefficient (Wildman–Crippen LogP) is 3.30. The Bertz CT molecular complexity index is 822. The van der Waals surface area contributed by atoms with Crippen LogP contribution in [-0.4, -0.2) is 29.8 Å². The summed E-state index contributed by atoms with van der Waals surface area (Å²) < 4.78 is 63.0. The summed E-state index contributed by atoms with van der Waals surface area (Å²) in [5.41, 5.74) is -0.222. The lowest BCUT2D eigenvalue weighted by molar-refractivity contribution is -0.204. The topological polar surface area (TPSA) is 80.7 Å². The first kappa shape index (κ1) is 17.9. The van der Waals surface area contributed by atoms with Crippen LogP contribution in [0.15, 0.2) is 30.3 Å². The Balaban J connectivity index is 1.66. The zero-order valence-electron chi connectivity index (χ0n) is 14.0. The molecule has 4 fully saturated rings. The number of rotatable bonds is 4. The van der Waals surface area contributed by atoms with Gasteiger partial charge in [0.05, 0.1) is 0 Å². The molecule has 0 aromatic heterocycles. The molecule has 5 nitrogen and oxygen atoms in total. The molecule has 1 aromatic rings. The van der Waals surface area contributed by atoms with Gasteiger partial charge in [-0.2, -0.15) is 17.2 Å². The van der Waals surface area contributed by atoms with Gasteiger partial charge in [0.25, 0.3) is 0 Å². The summed E-state index contributed by atoms with van der Waals surface area (Å²) >= 11 is 0. The number of benzene rings is 1. The third-order valence-corrected chi connectivity index (χ3v) is 7.08. The van der Waals surface area contributed by atoms with E-state index in [-0.39, 0.29) is 17.3 Å². The molecule has 4 saturated carbocycles. The van der Waals surface area contributed by atoms with E-state index >= 15 is 0 Å². The highest BCUT2D eigenvalue weighted by atomic mass is 32.2. The number of carbonyl (C=O) groups excluding carboxylic acids is 1. The second kappa shape index (κ2) is 5.48. The first-order valence-corrected chi connectivity index (χ1v) is 10.1. The quantitative estimate of drug-likeness (QED) is 0.634. The van der Waals surface area contributed by atoms with E-state index in [1.54, 1.807) is 0 Å². The van der Waals surface area contributed by atoms with Crippen molar-refractivity contribution < 1.29 is 31.3 Å². The Kier molecular flexibility index (Phi) is 3.76. The number of halogens is 2. The molecule has 0 heterocycles. The molecule has 1 N–H and O–H groups in total. The van der Waals surface area contributed by atoms with Gasteiger partial charge >= 0.3 is 21.3 Å². The standard InChI is InChI=1S/C18H20F2O5S/c19-18(20,26(22,23)24)15(21)25-17-9-12-6-13(10-17)8-16(7-12,11-17)14-4-2-1-3-5-14/h1-5,12-13H,6-11H2,(H,22,23,24). The lowest BCUT2D eigenvalue weighted by Gasteiger charge is -2.61. The maximum Gasteiger partial charge on any atom is 0.465 e. The molecule has 8 heteroatoms. The Morgan fingerprint density at radius 3 is 2.23 bits per heavy atom. The van der Waals surface area contributed by atoms with Crippen molar-refractivity contribution in [2.24, 2.45) is 11.8 Å². The normalized spacial score (nSPS) is 36.1. The maximum absolute atomic E-state index is 13.7. The average Bonchev–Trinajstić information content (AvgIpc) is 2.53. The lowest BCUT2D eigenvalue weighted by Crippen LogP contribution is -2.60. The van der Waals surface area contributed by atoms with E-state index in [0.29, 0.717) is 19.3 Å². The highest BCUT2D eigenvalue weighted by Crippen LogP contribution is 2.63. The molecule has 26 heavy (non-hydrogen) atoms. The van der Waals surface area contributed by atoms with E-state index in [0.717, 1.165) is 24.8 Å². The van der Waals surface area contributed by atoms with Crippen molar-refractivity contribution in [2.45, 2.75) is 54.8 Å². The van der Waals surface area contributed by atoms with Crippen LogP contribution in [0.5, 0.6) is 0 Å². The fourth-order valence-corrected chi connectivity index (χ4v) is 6.04. The minimum atomic E-state index is -5.86. The van der Waals surface area contributed by atoms with Crippen molar-refractivity contribution in [2.75, 3.05) is 0 Å². The van der Waals surface area contributed by atoms with Crippen LogP contribution < -0.4 is 0 Å². The van der Waals surface area contributed by atoms with Gasteiger partial charge in [-0.3, -0.25) is 4.55 Å². The molecule has 0 amide bonds. The van der Waals surface area contributed by atoms with Gasteiger partial charge in [0.2, 0.25) is 0 Å². The second-order valence-corrected chi connectivity index (χ2v) is 9.63. The van der Waals surface area contributed by atoms with Gasteiger partial charge in [-0.15, -0.1) is 0 Å². The molecule has 4 aliphatic rings. The van der Waals surface area contributed by atoms with Crippen molar-refractivity contribution in [3.8, 4) is 0 Å². The predicted molar refractivity (Wildman–Crippen MR) is 88.1 cm³/mol. The molecule has 2 atom stereocenters. The van der Waals surface area contributed by atoms with Gasteiger partial charge in [-0.1, -0.05) is 30.3 Å². The minimum Gasteiger partial charge on any atom is -0.454 e. The van der Waals surface area contributed by atoms with Crippen LogP contribution in [0, 0.1) is 11.8 Å². The molecule has 0 saturated heterocycles. The molecule has 142 valence electrons. The van der Waals surface area contributed by atoms with Crippen molar-refractivity contribution in [1.29, 1.82) is 0 Å². The van der Waals surface area contributed by atoms with Gasteiger partial charge < -0.3 is 4.74 Å². The number of hydrogen-bond donors (Lipinski definition) is 1. The van der Waals surface area contributed by atoms with E-state index < -0.39 is 26.9 Å². The Morgan fingerprint density at radius 2 is 1.69 bits per heavy atom. The van der Waals surface area contributed by atoms with Gasteiger partial charge in [0.1, 0.15) is 5.60 Å². The summed E-state index contributed by atoms with van der Waals surface area (Å²) in [5, 5.41) is -4.95. The van der Waals surface area contributed by atoms with Gasteiger partial charge in [-0.25, -0.2) is 4.79 Å². The number of ether oxygens (including phenoxy) is 1. The molecule has 4 aliphatic carbocycles. The molecule has 1 aromatic carbocycles. The third-order valence-electron chi connectivity index (χ3n) is 6.26. The molecule has 4 bridgehead atoms. The second-order valence-electron chi connectivity index (χ2n) is 8.17. The first-order chi connectivity index (χ1) is 12.1. The maximum atomic E-state index is 13.7. The average molecular weight is 386 g/mol. The SMILES string of the molecule is O=C(OC12CC3CC(C1)CC(c1ccccc1)(C3)C2)C(F)(F)S(=O)(=O)O. The van der Waals surface area contributed by atoms with Crippen molar-refractivity contribution in [3.63, 3.8) is 0 Å². The molecule has 0 aliphatic heterocycles. The van der Waals surface area contributed by atoms with E-state index in [2.05, 4.69) is 0 Å². The van der Waals surface area contributed by atoms with E-state index in [9.17, 15) is 22.0 Å². The summed E-state index contributed by atoms with van der Waals surface area (Å²) in [7, 11) is -5.86. The molecular formula is C18H20F2O5S. The van der Waals surface area contributed by atoms with Crippen LogP contribution in [0.25, 0.3) is 0 Å². The Labute approximate surface area is 150 Å². The summed E-state index contributed by atoms with van der Waals surface area (Å²) in [5.74, 6) is -1.67. The highest BCUT2D eigenvalue weighted by Gasteiger charge is 2.63. The van der Waals surface area contributed by atoms with E-state index in [1.807, 2.05) is 30.3 Å². The molecule has 5 rings (SSSR count). The van der Waals surface area contributed by atoms with E-state index in [1.165, 1.54) is 0 Å². The monoisotopic (exact) mass is 386 g/mol. The summed E-state index contributed by atoms with van der Waals surface area (Å²) in [6, 6.07) is 9.79. The summed E-state index contributed by atoms with van der Waals surface area (Å²) in [4.78, 5) is 11.9. The molecule has 2 unspecified atom stereocenters. The number of hydrogen-bond acceptors (Lipinski definition) is 4. The van der Waals surface area contributed by atoms with Crippen LogP contribution >= 0.6 is 0 Å². The minimum absolute atomic E-state index is 0.237. The molecule has 0 radical (unpaired) electrons. The van der Waals surface area contributed by atoms with Gasteiger partial charge in [0.15, 0.2) is 0 Å². The van der Waals surface area contributed by atoms with Crippen LogP contribution in [0.3, 0.4) is 0 Å². The van der Waals surface area contributed by atoms with Crippen LogP contribution in [0.1, 0.15) is 44.1 Å². The number of carbonyl (C=O) groups is 1. The fourth-order valence-electron chi connectivity index (χ4n) is 5.79. The molecular weight excluding hydrogens is 366 g/mol. The van der Waals surface area contributed by atoms with Crippen molar-refractivity contribution in [3.05, 3.63) is 35.9 Å². The lowest BCUT2D eigenvalue weighted by atomic mass is 9.46. The van der Waals surface area contributed by atoms with Crippen LogP contribution in [0.2, 0.25) is 0 Å². The van der Waals surface area contributed by atoms with E-state index in [4.69, 9.17) is 9.29 Å². The largest absolute Gasteiger partial charge is 0.465 e. The van der Waals surface area contributed by atoms with Crippen molar-refractivity contribution in [1.82, 2.24) is 0 Å². The van der Waals surface area contributed by atoms with Gasteiger partial charge in [-0.05, 0) is 61.3 Å². The zero-order valence-corrected chi connectivity index (χ0v) is 14.8. The zero-order chi connectivity index (χ0) is 18.8. The first-order valence-electron chi connectivity index (χ1n) is 8.69. The number of esters is 1. The Hall–Kier alpha value is -1.54. The van der Waals surface area contributed by atoms with Crippen LogP contribution in [0.4, 0.5) is 8.78 Å². The summed E-state index contributed by atoms with van der Waals surface area (Å²) in [6.45, 7) is 0. The van der Waals surface area contributed by atoms with Crippen molar-refractivity contribution >= 4 is 16.1 Å². The van der Waals surface area contributed by atoms with Gasteiger partial charge in [0, 0.05) is 0 Å². The molecule has 0 spiro atoms. The summed E-state index contributed by atoms with van der Waals surface area (Å²) in [6.07, 6.45) is 4.15.